The summed E-state index contributed by atoms with van der Waals surface area (Å²) >= 11 is 9.79. The Balaban J connectivity index is 2.21. The van der Waals surface area contributed by atoms with Gasteiger partial charge in [0.2, 0.25) is 0 Å². The van der Waals surface area contributed by atoms with E-state index in [0.29, 0.717) is 0 Å². The van der Waals surface area contributed by atoms with Crippen LogP contribution in [0.1, 0.15) is 17.2 Å². The molecule has 1 unspecified atom stereocenters. The summed E-state index contributed by atoms with van der Waals surface area (Å²) in [6.07, 6.45) is 3.71. The Hall–Kier alpha value is -1.42. The smallest absolute Gasteiger partial charge is 0.0592 e. The van der Waals surface area contributed by atoms with Crippen LogP contribution < -0.4 is 5.32 Å². The molecule has 21 heavy (non-hydrogen) atoms. The Bertz CT molecular complexity index is 783. The van der Waals surface area contributed by atoms with Gasteiger partial charge < -0.3 is 5.32 Å². The lowest BCUT2D eigenvalue weighted by atomic mass is 9.94. The van der Waals surface area contributed by atoms with Gasteiger partial charge in [0, 0.05) is 27.3 Å². The van der Waals surface area contributed by atoms with E-state index in [4.69, 9.17) is 11.6 Å². The van der Waals surface area contributed by atoms with Crippen LogP contribution in [0.5, 0.6) is 0 Å². The first-order chi connectivity index (χ1) is 10.2. The minimum absolute atomic E-state index is 0.0594. The van der Waals surface area contributed by atoms with Crippen molar-refractivity contribution < 1.29 is 0 Å². The van der Waals surface area contributed by atoms with Crippen LogP contribution in [-0.4, -0.2) is 12.0 Å². The summed E-state index contributed by atoms with van der Waals surface area (Å²) in [4.78, 5) is 4.19. The van der Waals surface area contributed by atoms with Gasteiger partial charge in [-0.25, -0.2) is 0 Å². The maximum atomic E-state index is 6.16. The standard InChI is InChI=1S/C17H14BrClN2/c1-20-17(15-9-12(19)5-6-16(15)18)14-4-2-3-11-10-21-8-7-13(11)14/h2-10,17,20H,1H3. The molecule has 4 heteroatoms. The number of hydrogen-bond donors (Lipinski definition) is 1. The third-order valence-corrected chi connectivity index (χ3v) is 4.54. The minimum atomic E-state index is 0.0594. The van der Waals surface area contributed by atoms with E-state index in [0.717, 1.165) is 20.4 Å². The molecule has 0 aliphatic carbocycles. The van der Waals surface area contributed by atoms with E-state index >= 15 is 0 Å². The lowest BCUT2D eigenvalue weighted by Gasteiger charge is -2.20. The topological polar surface area (TPSA) is 24.9 Å². The Morgan fingerprint density at radius 1 is 1.14 bits per heavy atom. The van der Waals surface area contributed by atoms with Gasteiger partial charge in [0.15, 0.2) is 0 Å². The van der Waals surface area contributed by atoms with Gasteiger partial charge in [0.1, 0.15) is 0 Å². The first-order valence-corrected chi connectivity index (χ1v) is 7.82. The quantitative estimate of drug-likeness (QED) is 0.713. The summed E-state index contributed by atoms with van der Waals surface area (Å²) < 4.78 is 1.04. The zero-order valence-corrected chi connectivity index (χ0v) is 13.8. The fraction of sp³-hybridized carbons (Fsp3) is 0.118. The van der Waals surface area contributed by atoms with Gasteiger partial charge in [-0.3, -0.25) is 4.98 Å². The zero-order chi connectivity index (χ0) is 14.8. The highest BCUT2D eigenvalue weighted by atomic mass is 79.9. The van der Waals surface area contributed by atoms with Gasteiger partial charge in [-0.1, -0.05) is 45.7 Å². The van der Waals surface area contributed by atoms with Crippen molar-refractivity contribution in [2.24, 2.45) is 0 Å². The summed E-state index contributed by atoms with van der Waals surface area (Å²) in [6.45, 7) is 0. The van der Waals surface area contributed by atoms with Gasteiger partial charge >= 0.3 is 0 Å². The summed E-state index contributed by atoms with van der Waals surface area (Å²) in [7, 11) is 1.96. The second kappa shape index (κ2) is 6.14. The van der Waals surface area contributed by atoms with Crippen molar-refractivity contribution in [1.29, 1.82) is 0 Å². The molecule has 2 nitrogen and oxygen atoms in total. The fourth-order valence-corrected chi connectivity index (χ4v) is 3.27. The van der Waals surface area contributed by atoms with Gasteiger partial charge in [-0.15, -0.1) is 0 Å². The number of rotatable bonds is 3. The van der Waals surface area contributed by atoms with Crippen molar-refractivity contribution >= 4 is 38.3 Å². The normalized spacial score (nSPS) is 12.5. The molecule has 0 fully saturated rings. The molecule has 0 saturated carbocycles. The maximum Gasteiger partial charge on any atom is 0.0592 e. The van der Waals surface area contributed by atoms with E-state index in [2.05, 4.69) is 44.4 Å². The van der Waals surface area contributed by atoms with E-state index in [9.17, 15) is 0 Å². The first-order valence-electron chi connectivity index (χ1n) is 6.65. The molecule has 0 bridgehead atoms. The number of benzene rings is 2. The van der Waals surface area contributed by atoms with Crippen LogP contribution in [0.3, 0.4) is 0 Å². The molecule has 1 atom stereocenters. The highest BCUT2D eigenvalue weighted by molar-refractivity contribution is 9.10. The first kappa shape index (κ1) is 14.5. The van der Waals surface area contributed by atoms with E-state index in [1.54, 1.807) is 0 Å². The largest absolute Gasteiger partial charge is 0.309 e. The third kappa shape index (κ3) is 2.82. The second-order valence-corrected chi connectivity index (χ2v) is 6.12. The molecule has 2 aromatic carbocycles. The van der Waals surface area contributed by atoms with Crippen molar-refractivity contribution in [3.63, 3.8) is 0 Å². The number of nitrogens with one attached hydrogen (secondary N) is 1. The van der Waals surface area contributed by atoms with Gasteiger partial charge in [-0.2, -0.15) is 0 Å². The molecular formula is C17H14BrClN2. The lowest BCUT2D eigenvalue weighted by molar-refractivity contribution is 0.694. The van der Waals surface area contributed by atoms with Gasteiger partial charge in [-0.05, 0) is 47.8 Å². The Morgan fingerprint density at radius 2 is 2.00 bits per heavy atom. The van der Waals surface area contributed by atoms with Crippen molar-refractivity contribution in [1.82, 2.24) is 10.3 Å². The summed E-state index contributed by atoms with van der Waals surface area (Å²) in [5.74, 6) is 0. The number of halogens is 2. The Kier molecular flexibility index (Phi) is 4.24. The molecule has 0 amide bonds. The van der Waals surface area contributed by atoms with Crippen LogP contribution in [0.25, 0.3) is 10.8 Å². The van der Waals surface area contributed by atoms with Crippen molar-refractivity contribution in [3.05, 3.63) is 75.5 Å². The van der Waals surface area contributed by atoms with E-state index in [1.807, 2.05) is 43.7 Å². The number of aromatic nitrogens is 1. The van der Waals surface area contributed by atoms with Crippen molar-refractivity contribution in [2.45, 2.75) is 6.04 Å². The van der Waals surface area contributed by atoms with E-state index in [1.165, 1.54) is 10.9 Å². The average molecular weight is 362 g/mol. The van der Waals surface area contributed by atoms with Crippen molar-refractivity contribution in [3.8, 4) is 0 Å². The van der Waals surface area contributed by atoms with E-state index in [-0.39, 0.29) is 6.04 Å². The number of hydrogen-bond acceptors (Lipinski definition) is 2. The molecular weight excluding hydrogens is 348 g/mol. The predicted octanol–water partition coefficient (Wildman–Crippen LogP) is 4.96. The molecule has 1 heterocycles. The molecule has 3 aromatic rings. The fourth-order valence-electron chi connectivity index (χ4n) is 2.61. The van der Waals surface area contributed by atoms with Crippen LogP contribution in [0.2, 0.25) is 5.02 Å². The molecule has 0 aliphatic heterocycles. The maximum absolute atomic E-state index is 6.16. The SMILES string of the molecule is CNC(c1cc(Cl)ccc1Br)c1cccc2cnccc12. The molecule has 3 rings (SSSR count). The zero-order valence-electron chi connectivity index (χ0n) is 11.5. The van der Waals surface area contributed by atoms with E-state index < -0.39 is 0 Å². The molecule has 1 N–H and O–H groups in total. The highest BCUT2D eigenvalue weighted by Gasteiger charge is 2.17. The Labute approximate surface area is 137 Å². The summed E-state index contributed by atoms with van der Waals surface area (Å²) in [6, 6.07) is 14.2. The predicted molar refractivity (Wildman–Crippen MR) is 91.8 cm³/mol. The highest BCUT2D eigenvalue weighted by Crippen LogP contribution is 2.33. The molecule has 106 valence electrons. The van der Waals surface area contributed by atoms with Gasteiger partial charge in [0.05, 0.1) is 6.04 Å². The van der Waals surface area contributed by atoms with Crippen LogP contribution in [0.15, 0.2) is 59.3 Å². The van der Waals surface area contributed by atoms with Crippen LogP contribution >= 0.6 is 27.5 Å². The molecule has 0 spiro atoms. The van der Waals surface area contributed by atoms with Crippen LogP contribution in [0, 0.1) is 0 Å². The number of nitrogens with zero attached hydrogens (tertiary/aromatic N) is 1. The molecule has 0 radical (unpaired) electrons. The summed E-state index contributed by atoms with van der Waals surface area (Å²) in [5.41, 5.74) is 2.33. The molecule has 0 saturated heterocycles. The molecule has 1 aromatic heterocycles. The number of pyridine rings is 1. The monoisotopic (exact) mass is 360 g/mol. The van der Waals surface area contributed by atoms with Crippen LogP contribution in [-0.2, 0) is 0 Å². The average Bonchev–Trinajstić information content (AvgIpc) is 2.51. The lowest BCUT2D eigenvalue weighted by Crippen LogP contribution is -2.18. The van der Waals surface area contributed by atoms with Crippen molar-refractivity contribution in [2.75, 3.05) is 7.05 Å². The Morgan fingerprint density at radius 3 is 2.81 bits per heavy atom. The summed E-state index contributed by atoms with van der Waals surface area (Å²) in [5, 5.41) is 6.44. The van der Waals surface area contributed by atoms with Crippen LogP contribution in [0.4, 0.5) is 0 Å². The molecule has 0 aliphatic rings. The van der Waals surface area contributed by atoms with Gasteiger partial charge in [0.25, 0.3) is 0 Å². The third-order valence-electron chi connectivity index (χ3n) is 3.58. The minimum Gasteiger partial charge on any atom is -0.309 e. The second-order valence-electron chi connectivity index (χ2n) is 4.83. The number of fused-ring (bicyclic) bond motifs is 1.